The van der Waals surface area contributed by atoms with Crippen molar-refractivity contribution in [1.82, 2.24) is 0 Å². The molecule has 1 heteroatoms. The second-order valence-corrected chi connectivity index (χ2v) is 4.29. The van der Waals surface area contributed by atoms with Crippen molar-refractivity contribution in [1.29, 1.82) is 0 Å². The molecule has 0 aliphatic carbocycles. The molecule has 0 amide bonds. The number of rotatable bonds is 9. The molecule has 0 aromatic carbocycles. The zero-order valence-electron chi connectivity index (χ0n) is 10.6. The van der Waals surface area contributed by atoms with Crippen molar-refractivity contribution in [3.05, 3.63) is 12.2 Å². The number of ketones is 1. The molecule has 1 unspecified atom stereocenters. The molecule has 0 aliphatic rings. The van der Waals surface area contributed by atoms with Crippen LogP contribution in [0.5, 0.6) is 0 Å². The van der Waals surface area contributed by atoms with Gasteiger partial charge in [-0.15, -0.1) is 0 Å². The number of hydrogen-bond donors (Lipinski definition) is 0. The molecule has 0 rings (SSSR count). The van der Waals surface area contributed by atoms with E-state index in [4.69, 9.17) is 0 Å². The van der Waals surface area contributed by atoms with E-state index in [0.717, 1.165) is 24.8 Å². The maximum Gasteiger partial charge on any atom is 0.139 e. The summed E-state index contributed by atoms with van der Waals surface area (Å²) < 4.78 is 0. The first-order valence-electron chi connectivity index (χ1n) is 6.37. The van der Waals surface area contributed by atoms with E-state index < -0.39 is 0 Å². The highest BCUT2D eigenvalue weighted by Crippen LogP contribution is 2.22. The summed E-state index contributed by atoms with van der Waals surface area (Å²) in [5.74, 6) is 0.517. The Labute approximate surface area is 95.0 Å². The normalized spacial score (nSPS) is 12.5. The lowest BCUT2D eigenvalue weighted by Crippen LogP contribution is -2.15. The van der Waals surface area contributed by atoms with Crippen LogP contribution in [-0.4, -0.2) is 5.78 Å². The molecular formula is C14H26O. The Morgan fingerprint density at radius 2 is 1.73 bits per heavy atom. The SMILES string of the molecule is C=C(CCCCC)C(CC)C(=O)CCC. The molecule has 1 atom stereocenters. The van der Waals surface area contributed by atoms with Gasteiger partial charge in [0.2, 0.25) is 0 Å². The number of carbonyl (C=O) groups is 1. The van der Waals surface area contributed by atoms with E-state index in [-0.39, 0.29) is 5.92 Å². The Morgan fingerprint density at radius 1 is 1.07 bits per heavy atom. The number of hydrogen-bond acceptors (Lipinski definition) is 1. The highest BCUT2D eigenvalue weighted by atomic mass is 16.1. The lowest BCUT2D eigenvalue weighted by atomic mass is 9.88. The average Bonchev–Trinajstić information content (AvgIpc) is 2.19. The first-order valence-corrected chi connectivity index (χ1v) is 6.37. The molecule has 0 fully saturated rings. The standard InChI is InChI=1S/C14H26O/c1-5-8-9-11-12(4)13(7-3)14(15)10-6-2/h13H,4-11H2,1-3H3. The number of unbranched alkanes of at least 4 members (excludes halogenated alkanes) is 2. The third kappa shape index (κ3) is 5.76. The van der Waals surface area contributed by atoms with Crippen LogP contribution in [0.15, 0.2) is 12.2 Å². The molecular weight excluding hydrogens is 184 g/mol. The van der Waals surface area contributed by atoms with Crippen molar-refractivity contribution in [2.75, 3.05) is 0 Å². The fourth-order valence-corrected chi connectivity index (χ4v) is 1.94. The van der Waals surface area contributed by atoms with Gasteiger partial charge in [-0.2, -0.15) is 0 Å². The summed E-state index contributed by atoms with van der Waals surface area (Å²) >= 11 is 0. The van der Waals surface area contributed by atoms with Crippen molar-refractivity contribution in [2.24, 2.45) is 5.92 Å². The van der Waals surface area contributed by atoms with Crippen LogP contribution >= 0.6 is 0 Å². The molecule has 0 saturated carbocycles. The van der Waals surface area contributed by atoms with Gasteiger partial charge in [0.15, 0.2) is 0 Å². The summed E-state index contributed by atoms with van der Waals surface area (Å²) in [7, 11) is 0. The van der Waals surface area contributed by atoms with Gasteiger partial charge in [0, 0.05) is 12.3 Å². The van der Waals surface area contributed by atoms with Gasteiger partial charge in [0.1, 0.15) is 5.78 Å². The number of carbonyl (C=O) groups excluding carboxylic acids is 1. The van der Waals surface area contributed by atoms with Crippen LogP contribution in [0.25, 0.3) is 0 Å². The first kappa shape index (κ1) is 14.4. The van der Waals surface area contributed by atoms with Crippen LogP contribution in [0.4, 0.5) is 0 Å². The van der Waals surface area contributed by atoms with Gasteiger partial charge in [-0.25, -0.2) is 0 Å². The van der Waals surface area contributed by atoms with Gasteiger partial charge < -0.3 is 0 Å². The Balaban J connectivity index is 4.03. The summed E-state index contributed by atoms with van der Waals surface area (Å²) in [5.41, 5.74) is 1.16. The smallest absolute Gasteiger partial charge is 0.139 e. The van der Waals surface area contributed by atoms with E-state index in [1.807, 2.05) is 0 Å². The number of Topliss-reactive ketones (excluding diaryl/α,β-unsaturated/α-hetero) is 1. The molecule has 15 heavy (non-hydrogen) atoms. The van der Waals surface area contributed by atoms with Crippen LogP contribution in [0.3, 0.4) is 0 Å². The van der Waals surface area contributed by atoms with Crippen LogP contribution < -0.4 is 0 Å². The lowest BCUT2D eigenvalue weighted by molar-refractivity contribution is -0.121. The van der Waals surface area contributed by atoms with E-state index in [2.05, 4.69) is 27.4 Å². The lowest BCUT2D eigenvalue weighted by Gasteiger charge is -2.16. The molecule has 1 nitrogen and oxygen atoms in total. The Kier molecular flexibility index (Phi) is 8.35. The van der Waals surface area contributed by atoms with Crippen LogP contribution in [0.2, 0.25) is 0 Å². The minimum atomic E-state index is 0.127. The zero-order chi connectivity index (χ0) is 11.7. The summed E-state index contributed by atoms with van der Waals surface area (Å²) in [6.07, 6.45) is 7.28. The maximum atomic E-state index is 11.8. The monoisotopic (exact) mass is 210 g/mol. The molecule has 0 saturated heterocycles. The van der Waals surface area contributed by atoms with Crippen molar-refractivity contribution in [3.63, 3.8) is 0 Å². The molecule has 0 N–H and O–H groups in total. The first-order chi connectivity index (χ1) is 7.17. The Bertz CT molecular complexity index is 194. The average molecular weight is 210 g/mol. The van der Waals surface area contributed by atoms with Crippen molar-refractivity contribution in [2.45, 2.75) is 65.7 Å². The molecule has 0 aliphatic heterocycles. The topological polar surface area (TPSA) is 17.1 Å². The molecule has 0 bridgehead atoms. The fourth-order valence-electron chi connectivity index (χ4n) is 1.94. The van der Waals surface area contributed by atoms with Gasteiger partial charge >= 0.3 is 0 Å². The molecule has 0 radical (unpaired) electrons. The van der Waals surface area contributed by atoms with Gasteiger partial charge in [0.05, 0.1) is 0 Å². The fraction of sp³-hybridized carbons (Fsp3) is 0.786. The summed E-state index contributed by atoms with van der Waals surface area (Å²) in [6, 6.07) is 0. The highest BCUT2D eigenvalue weighted by molar-refractivity contribution is 5.83. The van der Waals surface area contributed by atoms with E-state index in [9.17, 15) is 4.79 Å². The van der Waals surface area contributed by atoms with Crippen LogP contribution in [0, 0.1) is 5.92 Å². The summed E-state index contributed by atoms with van der Waals surface area (Å²) in [5, 5.41) is 0. The third-order valence-corrected chi connectivity index (χ3v) is 2.89. The van der Waals surface area contributed by atoms with Crippen LogP contribution in [-0.2, 0) is 4.79 Å². The zero-order valence-corrected chi connectivity index (χ0v) is 10.6. The Hall–Kier alpha value is -0.590. The van der Waals surface area contributed by atoms with Crippen LogP contribution in [0.1, 0.15) is 65.7 Å². The van der Waals surface area contributed by atoms with Crippen molar-refractivity contribution < 1.29 is 4.79 Å². The largest absolute Gasteiger partial charge is 0.299 e. The van der Waals surface area contributed by atoms with Gasteiger partial charge in [-0.05, 0) is 25.7 Å². The predicted molar refractivity (Wildman–Crippen MR) is 67.0 cm³/mol. The van der Waals surface area contributed by atoms with Crippen molar-refractivity contribution >= 4 is 5.78 Å². The minimum absolute atomic E-state index is 0.127. The molecule has 0 aromatic rings. The number of allylic oxidation sites excluding steroid dienone is 1. The minimum Gasteiger partial charge on any atom is -0.299 e. The molecule has 88 valence electrons. The van der Waals surface area contributed by atoms with Gasteiger partial charge in [0.25, 0.3) is 0 Å². The summed E-state index contributed by atoms with van der Waals surface area (Å²) in [6.45, 7) is 10.4. The van der Waals surface area contributed by atoms with E-state index in [1.54, 1.807) is 0 Å². The Morgan fingerprint density at radius 3 is 2.20 bits per heavy atom. The van der Waals surface area contributed by atoms with E-state index >= 15 is 0 Å². The third-order valence-electron chi connectivity index (χ3n) is 2.89. The molecule has 0 aromatic heterocycles. The van der Waals surface area contributed by atoms with Crippen molar-refractivity contribution in [3.8, 4) is 0 Å². The quantitative estimate of drug-likeness (QED) is 0.404. The molecule has 0 heterocycles. The highest BCUT2D eigenvalue weighted by Gasteiger charge is 2.17. The predicted octanol–water partition coefficient (Wildman–Crippen LogP) is 4.52. The summed E-state index contributed by atoms with van der Waals surface area (Å²) in [4.78, 5) is 11.8. The van der Waals surface area contributed by atoms with Gasteiger partial charge in [-0.3, -0.25) is 4.79 Å². The second-order valence-electron chi connectivity index (χ2n) is 4.29. The van der Waals surface area contributed by atoms with E-state index in [1.165, 1.54) is 19.3 Å². The molecule has 0 spiro atoms. The second kappa shape index (κ2) is 8.70. The van der Waals surface area contributed by atoms with Gasteiger partial charge in [-0.1, -0.05) is 45.8 Å². The van der Waals surface area contributed by atoms with E-state index in [0.29, 0.717) is 12.2 Å². The maximum absolute atomic E-state index is 11.8.